The van der Waals surface area contributed by atoms with Crippen molar-refractivity contribution in [1.29, 1.82) is 0 Å². The van der Waals surface area contributed by atoms with Crippen LogP contribution in [0.1, 0.15) is 11.1 Å². The van der Waals surface area contributed by atoms with Crippen LogP contribution in [0.15, 0.2) is 249 Å². The lowest BCUT2D eigenvalue weighted by atomic mass is 9.84. The summed E-state index contributed by atoms with van der Waals surface area (Å²) < 4.78 is 7.39. The van der Waals surface area contributed by atoms with Crippen LogP contribution in [0.2, 0.25) is 0 Å². The summed E-state index contributed by atoms with van der Waals surface area (Å²) in [5, 5.41) is 20.3. The van der Waals surface area contributed by atoms with E-state index in [-0.39, 0.29) is 0 Å². The maximum Gasteiger partial charge on any atom is 0.0641 e. The molecule has 75 heavy (non-hydrogen) atoms. The van der Waals surface area contributed by atoms with Gasteiger partial charge in [0, 0.05) is 67.3 Å². The minimum absolute atomic E-state index is 1.12. The van der Waals surface area contributed by atoms with Gasteiger partial charge in [0.05, 0.1) is 22.1 Å². The number of aryl methyl sites for hydroxylation is 2. The standard InChI is InChI=1S/C72H47N3/c1-44-51-20-6-8-22-53(51)55-24-10-14-28-59(55)65(44)66-45(2)52-21-7-9-23-54(52)63-40-42-73(69(63)66)48-36-32-46(33-37-48)47-34-38-49(39-35-47)74-43-41-64-58-27-13-17-31-62(58)72-68(70(64)74)67-60-29-15-11-25-56(60)57-26-12-16-30-61(57)71(67)75(72)50-18-4-3-5-19-50/h3-43H,1-2H3. The summed E-state index contributed by atoms with van der Waals surface area (Å²) in [6, 6.07) is 87.6. The van der Waals surface area contributed by atoms with Crippen molar-refractivity contribution in [3.63, 3.8) is 0 Å². The van der Waals surface area contributed by atoms with E-state index in [1.54, 1.807) is 0 Å². The Morgan fingerprint density at radius 3 is 1.12 bits per heavy atom. The highest BCUT2D eigenvalue weighted by Gasteiger charge is 2.26. The summed E-state index contributed by atoms with van der Waals surface area (Å²) >= 11 is 0. The molecule has 0 N–H and O–H groups in total. The van der Waals surface area contributed by atoms with Crippen molar-refractivity contribution in [1.82, 2.24) is 13.7 Å². The van der Waals surface area contributed by atoms with Gasteiger partial charge in [0.1, 0.15) is 0 Å². The Kier molecular flexibility index (Phi) is 8.88. The van der Waals surface area contributed by atoms with E-state index in [0.29, 0.717) is 0 Å². The second-order valence-electron chi connectivity index (χ2n) is 20.4. The molecule has 0 saturated heterocycles. The van der Waals surface area contributed by atoms with Gasteiger partial charge in [-0.05, 0) is 144 Å². The van der Waals surface area contributed by atoms with Gasteiger partial charge in [-0.2, -0.15) is 0 Å². The predicted octanol–water partition coefficient (Wildman–Crippen LogP) is 19.5. The molecule has 0 fully saturated rings. The summed E-state index contributed by atoms with van der Waals surface area (Å²) in [5.74, 6) is 0. The number of hydrogen-bond acceptors (Lipinski definition) is 0. The zero-order valence-electron chi connectivity index (χ0n) is 41.5. The summed E-state index contributed by atoms with van der Waals surface area (Å²) in [4.78, 5) is 0. The van der Waals surface area contributed by atoms with Crippen LogP contribution in [-0.4, -0.2) is 13.7 Å². The van der Waals surface area contributed by atoms with Crippen LogP contribution in [-0.2, 0) is 0 Å². The summed E-state index contributed by atoms with van der Waals surface area (Å²) in [6.07, 6.45) is 4.55. The lowest BCUT2D eigenvalue weighted by molar-refractivity contribution is 1.13. The van der Waals surface area contributed by atoms with Crippen LogP contribution >= 0.6 is 0 Å². The summed E-state index contributed by atoms with van der Waals surface area (Å²) in [6.45, 7) is 4.63. The highest BCUT2D eigenvalue weighted by atomic mass is 15.0. The maximum absolute atomic E-state index is 2.54. The monoisotopic (exact) mass is 953 g/mol. The van der Waals surface area contributed by atoms with E-state index in [2.05, 4.69) is 277 Å². The van der Waals surface area contributed by atoms with Gasteiger partial charge in [-0.3, -0.25) is 0 Å². The largest absolute Gasteiger partial charge is 0.316 e. The Labute approximate surface area is 433 Å². The van der Waals surface area contributed by atoms with Crippen molar-refractivity contribution in [3.05, 3.63) is 260 Å². The third-order valence-electron chi connectivity index (χ3n) is 16.6. The van der Waals surface area contributed by atoms with Gasteiger partial charge in [-0.1, -0.05) is 188 Å². The Bertz CT molecular complexity index is 5050. The predicted molar refractivity (Wildman–Crippen MR) is 320 cm³/mol. The number of fused-ring (bicyclic) bond motifs is 19. The first kappa shape index (κ1) is 41.9. The quantitative estimate of drug-likeness (QED) is 0.153. The molecular formula is C72H47N3. The van der Waals surface area contributed by atoms with Gasteiger partial charge >= 0.3 is 0 Å². The zero-order valence-corrected chi connectivity index (χ0v) is 41.5. The van der Waals surface area contributed by atoms with Crippen LogP contribution in [0, 0.1) is 13.8 Å². The molecule has 0 bridgehead atoms. The lowest BCUT2D eigenvalue weighted by Crippen LogP contribution is -1.99. The molecule has 0 aliphatic rings. The Hall–Kier alpha value is -9.70. The van der Waals surface area contributed by atoms with E-state index >= 15 is 0 Å². The summed E-state index contributed by atoms with van der Waals surface area (Å²) in [7, 11) is 0. The lowest BCUT2D eigenvalue weighted by Gasteiger charge is -2.21. The van der Waals surface area contributed by atoms with Gasteiger partial charge < -0.3 is 13.7 Å². The minimum Gasteiger partial charge on any atom is -0.316 e. The Morgan fingerprint density at radius 1 is 0.227 bits per heavy atom. The fourth-order valence-corrected chi connectivity index (χ4v) is 13.4. The molecule has 3 aromatic heterocycles. The fourth-order valence-electron chi connectivity index (χ4n) is 13.4. The first-order valence-electron chi connectivity index (χ1n) is 26.1. The van der Waals surface area contributed by atoms with Crippen molar-refractivity contribution in [2.24, 2.45) is 0 Å². The summed E-state index contributed by atoms with van der Waals surface area (Å²) in [5.41, 5.74) is 15.9. The van der Waals surface area contributed by atoms with Crippen molar-refractivity contribution >= 4 is 108 Å². The Balaban J connectivity index is 0.866. The number of rotatable bonds is 5. The Morgan fingerprint density at radius 2 is 0.573 bits per heavy atom. The van der Waals surface area contributed by atoms with E-state index in [9.17, 15) is 0 Å². The number of aromatic nitrogens is 3. The molecule has 3 heterocycles. The molecule has 350 valence electrons. The number of nitrogens with zero attached hydrogens (tertiary/aromatic N) is 3. The second kappa shape index (κ2) is 15.9. The first-order chi connectivity index (χ1) is 37.1. The highest BCUT2D eigenvalue weighted by Crippen LogP contribution is 2.50. The third-order valence-corrected chi connectivity index (χ3v) is 16.6. The van der Waals surface area contributed by atoms with Crippen molar-refractivity contribution in [3.8, 4) is 39.3 Å². The van der Waals surface area contributed by atoms with Crippen LogP contribution in [0.25, 0.3) is 148 Å². The fraction of sp³-hybridized carbons (Fsp3) is 0.0278. The van der Waals surface area contributed by atoms with Crippen molar-refractivity contribution < 1.29 is 0 Å². The van der Waals surface area contributed by atoms with Gasteiger partial charge in [0.15, 0.2) is 0 Å². The third kappa shape index (κ3) is 5.86. The SMILES string of the molecule is Cc1c(-c2c(C)c3ccccc3c3ccn(-c4ccc(-c5ccc(-n6ccc7c8ccccc8c8c(c9c%10ccccc%10c%10ccccc%10c9n8-c8ccccc8)c76)cc5)cc4)c23)c2ccccc2c2ccccc12. The van der Waals surface area contributed by atoms with Crippen molar-refractivity contribution in [2.45, 2.75) is 13.8 Å². The van der Waals surface area contributed by atoms with E-state index in [1.165, 1.54) is 142 Å². The van der Waals surface area contributed by atoms with Crippen LogP contribution in [0.3, 0.4) is 0 Å². The van der Waals surface area contributed by atoms with Crippen LogP contribution in [0.4, 0.5) is 0 Å². The smallest absolute Gasteiger partial charge is 0.0641 e. The molecule has 0 aliphatic carbocycles. The minimum atomic E-state index is 1.12. The average molecular weight is 954 g/mol. The molecule has 0 radical (unpaired) electrons. The number of benzene rings is 13. The molecule has 0 unspecified atom stereocenters. The van der Waals surface area contributed by atoms with Gasteiger partial charge in [0.25, 0.3) is 0 Å². The molecule has 0 aliphatic heterocycles. The average Bonchev–Trinajstić information content (AvgIpc) is 4.40. The molecule has 3 heteroatoms. The van der Waals surface area contributed by atoms with E-state index < -0.39 is 0 Å². The molecule has 0 saturated carbocycles. The van der Waals surface area contributed by atoms with E-state index in [0.717, 1.165) is 17.1 Å². The molecule has 0 atom stereocenters. The zero-order chi connectivity index (χ0) is 49.5. The first-order valence-corrected chi connectivity index (χ1v) is 26.1. The molecule has 3 nitrogen and oxygen atoms in total. The van der Waals surface area contributed by atoms with Crippen LogP contribution in [0.5, 0.6) is 0 Å². The molecular weight excluding hydrogens is 907 g/mol. The van der Waals surface area contributed by atoms with Gasteiger partial charge in [-0.15, -0.1) is 0 Å². The number of hydrogen-bond donors (Lipinski definition) is 0. The van der Waals surface area contributed by atoms with Gasteiger partial charge in [-0.25, -0.2) is 0 Å². The van der Waals surface area contributed by atoms with E-state index in [1.807, 2.05) is 0 Å². The van der Waals surface area contributed by atoms with E-state index in [4.69, 9.17) is 0 Å². The normalized spacial score (nSPS) is 12.1. The van der Waals surface area contributed by atoms with Crippen LogP contribution < -0.4 is 0 Å². The topological polar surface area (TPSA) is 14.8 Å². The highest BCUT2D eigenvalue weighted by molar-refractivity contribution is 6.40. The molecule has 0 spiro atoms. The number of para-hydroxylation sites is 1. The van der Waals surface area contributed by atoms with Gasteiger partial charge in [0.2, 0.25) is 0 Å². The molecule has 13 aromatic carbocycles. The van der Waals surface area contributed by atoms with Crippen molar-refractivity contribution in [2.75, 3.05) is 0 Å². The molecule has 16 rings (SSSR count). The second-order valence-corrected chi connectivity index (χ2v) is 20.4. The molecule has 0 amide bonds. The maximum atomic E-state index is 2.54. The molecule has 16 aromatic rings.